The van der Waals surface area contributed by atoms with Gasteiger partial charge in [-0.1, -0.05) is 170 Å². The molecule has 9 aromatic carbocycles. The van der Waals surface area contributed by atoms with Gasteiger partial charge in [0.2, 0.25) is 0 Å². The van der Waals surface area contributed by atoms with Crippen molar-refractivity contribution in [3.05, 3.63) is 242 Å². The van der Waals surface area contributed by atoms with Crippen LogP contribution in [-0.4, -0.2) is 27.0 Å². The number of aromatic nitrogens is 2. The summed E-state index contributed by atoms with van der Waals surface area (Å²) in [6.07, 6.45) is 9.35. The molecule has 0 bridgehead atoms. The molecule has 69 heavy (non-hydrogen) atoms. The molecule has 1 N–H and O–H groups in total. The SMILES string of the molecule is C1=CCC(C2N=C(c3ccc4c(c3)oc3ccccc34)N=C(c3cc(-c4ccccc4)c(-n4c5ccccc5c5ccc6c(c7ccccc7n6-c6ccccc6)c54)c(-c4ccccc4)c3)N2)C=C1. The summed E-state index contributed by atoms with van der Waals surface area (Å²) in [5, 5.41) is 10.9. The van der Waals surface area contributed by atoms with E-state index in [1.807, 2.05) is 12.1 Å². The fraction of sp³-hybridized carbons (Fsp3) is 0.0476. The Morgan fingerprint density at radius 3 is 1.83 bits per heavy atom. The minimum absolute atomic E-state index is 0.130. The maximum atomic E-state index is 6.41. The van der Waals surface area contributed by atoms with E-state index in [9.17, 15) is 0 Å². The average Bonchev–Trinajstić information content (AvgIpc) is 4.09. The second kappa shape index (κ2) is 15.8. The van der Waals surface area contributed by atoms with Gasteiger partial charge in [0.05, 0.1) is 27.8 Å². The molecule has 4 heterocycles. The smallest absolute Gasteiger partial charge is 0.159 e. The molecule has 1 aliphatic carbocycles. The lowest BCUT2D eigenvalue weighted by molar-refractivity contribution is 0.475. The molecule has 6 heteroatoms. The van der Waals surface area contributed by atoms with Gasteiger partial charge in [-0.3, -0.25) is 0 Å². The first-order valence-corrected chi connectivity index (χ1v) is 23.7. The van der Waals surface area contributed by atoms with E-state index >= 15 is 0 Å². The van der Waals surface area contributed by atoms with Crippen molar-refractivity contribution in [2.45, 2.75) is 12.6 Å². The number of nitrogens with one attached hydrogen (secondary N) is 1. The van der Waals surface area contributed by atoms with Crippen LogP contribution in [0.4, 0.5) is 0 Å². The largest absolute Gasteiger partial charge is 0.456 e. The van der Waals surface area contributed by atoms with Crippen LogP contribution in [-0.2, 0) is 0 Å². The van der Waals surface area contributed by atoms with Crippen molar-refractivity contribution in [2.75, 3.05) is 0 Å². The van der Waals surface area contributed by atoms with Gasteiger partial charge in [-0.15, -0.1) is 0 Å². The number of para-hydroxylation sites is 4. The summed E-state index contributed by atoms with van der Waals surface area (Å²) in [7, 11) is 0. The molecule has 0 saturated carbocycles. The van der Waals surface area contributed by atoms with Crippen LogP contribution in [0.5, 0.6) is 0 Å². The number of furan rings is 1. The highest BCUT2D eigenvalue weighted by Crippen LogP contribution is 2.46. The van der Waals surface area contributed by atoms with E-state index in [1.165, 1.54) is 32.6 Å². The summed E-state index contributed by atoms with van der Waals surface area (Å²) in [4.78, 5) is 10.8. The molecule has 6 nitrogen and oxygen atoms in total. The molecule has 1 aliphatic heterocycles. The Kier molecular flexibility index (Phi) is 8.99. The monoisotopic (exact) mass is 885 g/mol. The van der Waals surface area contributed by atoms with Crippen molar-refractivity contribution in [3.63, 3.8) is 0 Å². The third-order valence-electron chi connectivity index (χ3n) is 14.1. The third kappa shape index (κ3) is 6.33. The van der Waals surface area contributed by atoms with E-state index in [2.05, 4.69) is 233 Å². The molecule has 0 spiro atoms. The van der Waals surface area contributed by atoms with Crippen LogP contribution in [0.3, 0.4) is 0 Å². The van der Waals surface area contributed by atoms with Gasteiger partial charge >= 0.3 is 0 Å². The lowest BCUT2D eigenvalue weighted by atomic mass is 9.91. The zero-order valence-corrected chi connectivity index (χ0v) is 37.5. The fourth-order valence-corrected chi connectivity index (χ4v) is 10.9. The van der Waals surface area contributed by atoms with Gasteiger partial charge < -0.3 is 18.9 Å². The predicted molar refractivity (Wildman–Crippen MR) is 286 cm³/mol. The first-order valence-electron chi connectivity index (χ1n) is 23.7. The van der Waals surface area contributed by atoms with Crippen molar-refractivity contribution in [2.24, 2.45) is 15.9 Å². The Balaban J connectivity index is 1.06. The van der Waals surface area contributed by atoms with E-state index in [0.29, 0.717) is 5.84 Å². The number of hydrogen-bond acceptors (Lipinski definition) is 4. The maximum Gasteiger partial charge on any atom is 0.159 e. The Hall–Kier alpha value is -9.00. The number of benzene rings is 9. The third-order valence-corrected chi connectivity index (χ3v) is 14.1. The number of aliphatic imine (C=N–C) groups is 2. The van der Waals surface area contributed by atoms with Crippen molar-refractivity contribution >= 4 is 77.2 Å². The molecule has 0 radical (unpaired) electrons. The molecule has 2 unspecified atom stereocenters. The molecule has 0 amide bonds. The second-order valence-electron chi connectivity index (χ2n) is 18.1. The highest BCUT2D eigenvalue weighted by molar-refractivity contribution is 6.27. The lowest BCUT2D eigenvalue weighted by Gasteiger charge is -2.29. The molecule has 3 aromatic heterocycles. The van der Waals surface area contributed by atoms with Crippen LogP contribution >= 0.6 is 0 Å². The number of hydrogen-bond donors (Lipinski definition) is 1. The van der Waals surface area contributed by atoms with Crippen molar-refractivity contribution in [1.29, 1.82) is 0 Å². The summed E-state index contributed by atoms with van der Waals surface area (Å²) in [6.45, 7) is 0. The van der Waals surface area contributed by atoms with Crippen LogP contribution in [0.1, 0.15) is 17.5 Å². The summed E-state index contributed by atoms with van der Waals surface area (Å²) < 4.78 is 11.4. The van der Waals surface area contributed by atoms with E-state index in [1.54, 1.807) is 0 Å². The highest BCUT2D eigenvalue weighted by Gasteiger charge is 2.29. The fourth-order valence-electron chi connectivity index (χ4n) is 10.9. The van der Waals surface area contributed by atoms with Gasteiger partial charge in [-0.25, -0.2) is 9.98 Å². The molecule has 2 aliphatic rings. The predicted octanol–water partition coefficient (Wildman–Crippen LogP) is 15.4. The number of fused-ring (bicyclic) bond motifs is 10. The van der Waals surface area contributed by atoms with Gasteiger partial charge in [-0.2, -0.15) is 0 Å². The second-order valence-corrected chi connectivity index (χ2v) is 18.1. The van der Waals surface area contributed by atoms with E-state index in [-0.39, 0.29) is 12.1 Å². The van der Waals surface area contributed by atoms with Crippen LogP contribution in [0.25, 0.3) is 99.2 Å². The number of allylic oxidation sites excluding steroid dienone is 3. The van der Waals surface area contributed by atoms with Crippen LogP contribution in [0.2, 0.25) is 0 Å². The number of nitrogens with zero attached hydrogens (tertiary/aromatic N) is 4. The molecule has 0 fully saturated rings. The van der Waals surface area contributed by atoms with Gasteiger partial charge in [0.15, 0.2) is 5.84 Å². The summed E-state index contributed by atoms with van der Waals surface area (Å²) in [6, 6.07) is 74.0. The Morgan fingerprint density at radius 2 is 1.10 bits per heavy atom. The van der Waals surface area contributed by atoms with Gasteiger partial charge in [0, 0.05) is 66.2 Å². The van der Waals surface area contributed by atoms with E-state index in [0.717, 1.165) is 90.0 Å². The standard InChI is InChI=1S/C63H43N5O/c1-5-19-40(20-6-1)51-37-44(63-65-61(42-23-9-3-10-24-42)64-62(66-63)43-33-34-48-47-28-15-18-32-56(47)69-57(48)39-43)38-52(41-21-7-2-8-22-41)59(51)68-53-30-16-13-27-46(53)49-35-36-55-58(60(49)68)50-29-14-17-31-54(50)67(55)45-25-11-4-12-26-45/h1-23,25-39,42,61H,24H2,(H,64,65,66). The minimum atomic E-state index is -0.257. The molecular formula is C63H43N5O. The molecule has 2 atom stereocenters. The summed E-state index contributed by atoms with van der Waals surface area (Å²) in [5.41, 5.74) is 14.8. The Morgan fingerprint density at radius 1 is 0.478 bits per heavy atom. The molecular weight excluding hydrogens is 843 g/mol. The van der Waals surface area contributed by atoms with Gasteiger partial charge in [0.25, 0.3) is 0 Å². The zero-order chi connectivity index (χ0) is 45.4. The highest BCUT2D eigenvalue weighted by atomic mass is 16.3. The molecule has 0 saturated heterocycles. The normalized spacial score (nSPS) is 15.9. The summed E-state index contributed by atoms with van der Waals surface area (Å²) in [5.74, 6) is 1.57. The molecule has 14 rings (SSSR count). The van der Waals surface area contributed by atoms with Crippen molar-refractivity contribution < 1.29 is 4.42 Å². The molecule has 326 valence electrons. The van der Waals surface area contributed by atoms with E-state index < -0.39 is 0 Å². The quantitative estimate of drug-likeness (QED) is 0.173. The molecule has 12 aromatic rings. The van der Waals surface area contributed by atoms with Crippen molar-refractivity contribution in [3.8, 4) is 33.6 Å². The van der Waals surface area contributed by atoms with Crippen LogP contribution < -0.4 is 5.32 Å². The van der Waals surface area contributed by atoms with E-state index in [4.69, 9.17) is 14.4 Å². The summed E-state index contributed by atoms with van der Waals surface area (Å²) >= 11 is 0. The van der Waals surface area contributed by atoms with Gasteiger partial charge in [-0.05, 0) is 78.2 Å². The topological polar surface area (TPSA) is 59.8 Å². The first-order chi connectivity index (χ1) is 34.2. The average molecular weight is 886 g/mol. The number of amidine groups is 2. The lowest BCUT2D eigenvalue weighted by Crippen LogP contribution is -2.43. The van der Waals surface area contributed by atoms with Gasteiger partial charge in [0.1, 0.15) is 23.2 Å². The number of rotatable bonds is 7. The Labute approximate surface area is 398 Å². The maximum absolute atomic E-state index is 6.41. The minimum Gasteiger partial charge on any atom is -0.456 e. The van der Waals surface area contributed by atoms with Crippen LogP contribution in [0, 0.1) is 5.92 Å². The van der Waals surface area contributed by atoms with Crippen molar-refractivity contribution in [1.82, 2.24) is 14.5 Å². The zero-order valence-electron chi connectivity index (χ0n) is 37.5. The van der Waals surface area contributed by atoms with Crippen LogP contribution in [0.15, 0.2) is 245 Å². The first kappa shape index (κ1) is 39.2. The Bertz CT molecular complexity index is 4070.